The van der Waals surface area contributed by atoms with Crippen LogP contribution in [0.4, 0.5) is 11.5 Å². The fourth-order valence-corrected chi connectivity index (χ4v) is 3.13. The summed E-state index contributed by atoms with van der Waals surface area (Å²) >= 11 is 0. The molecular formula is C17H18N6. The van der Waals surface area contributed by atoms with Crippen molar-refractivity contribution in [2.75, 3.05) is 10.6 Å². The fraction of sp³-hybridized carbons (Fsp3) is 0.235. The number of guanidine groups is 1. The van der Waals surface area contributed by atoms with E-state index in [1.165, 1.54) is 0 Å². The van der Waals surface area contributed by atoms with Gasteiger partial charge < -0.3 is 16.4 Å². The van der Waals surface area contributed by atoms with Crippen molar-refractivity contribution in [3.63, 3.8) is 0 Å². The zero-order chi connectivity index (χ0) is 16.3. The van der Waals surface area contributed by atoms with Crippen molar-refractivity contribution in [1.82, 2.24) is 4.98 Å². The first-order chi connectivity index (χ1) is 11.2. The monoisotopic (exact) mass is 306 g/mol. The SMILES string of the molecule is N#C/N=C(\N)N(c1ccc(N)nc1)C1(c2ccccc2)CCC1. The van der Waals surface area contributed by atoms with Crippen LogP contribution < -0.4 is 16.4 Å². The maximum Gasteiger partial charge on any atom is 0.212 e. The smallest absolute Gasteiger partial charge is 0.212 e. The van der Waals surface area contributed by atoms with Crippen molar-refractivity contribution in [2.45, 2.75) is 24.8 Å². The van der Waals surface area contributed by atoms with Gasteiger partial charge in [0.05, 0.1) is 17.4 Å². The molecule has 0 aliphatic heterocycles. The Hall–Kier alpha value is -3.07. The number of nitriles is 1. The van der Waals surface area contributed by atoms with Crippen LogP contribution in [0.2, 0.25) is 0 Å². The number of nitrogens with zero attached hydrogens (tertiary/aromatic N) is 4. The maximum atomic E-state index is 8.92. The minimum Gasteiger partial charge on any atom is -0.384 e. The van der Waals surface area contributed by atoms with E-state index in [4.69, 9.17) is 16.7 Å². The molecule has 6 nitrogen and oxygen atoms in total. The fourth-order valence-electron chi connectivity index (χ4n) is 3.13. The molecule has 6 heteroatoms. The first kappa shape index (κ1) is 14.9. The first-order valence-corrected chi connectivity index (χ1v) is 7.47. The summed E-state index contributed by atoms with van der Waals surface area (Å²) in [7, 11) is 0. The number of aromatic nitrogens is 1. The molecule has 4 N–H and O–H groups in total. The van der Waals surface area contributed by atoms with Gasteiger partial charge in [-0.3, -0.25) is 0 Å². The Morgan fingerprint density at radius 2 is 1.96 bits per heavy atom. The highest BCUT2D eigenvalue weighted by molar-refractivity contribution is 5.97. The van der Waals surface area contributed by atoms with Gasteiger partial charge in [0.1, 0.15) is 5.82 Å². The zero-order valence-corrected chi connectivity index (χ0v) is 12.7. The van der Waals surface area contributed by atoms with Crippen LogP contribution in [-0.2, 0) is 5.54 Å². The first-order valence-electron chi connectivity index (χ1n) is 7.47. The summed E-state index contributed by atoms with van der Waals surface area (Å²) in [5, 5.41) is 8.92. The molecule has 1 aliphatic carbocycles. The average molecular weight is 306 g/mol. The van der Waals surface area contributed by atoms with Gasteiger partial charge in [0.2, 0.25) is 12.2 Å². The van der Waals surface area contributed by atoms with Crippen molar-refractivity contribution in [2.24, 2.45) is 10.7 Å². The molecule has 23 heavy (non-hydrogen) atoms. The molecule has 1 saturated carbocycles. The molecule has 0 bridgehead atoms. The number of benzene rings is 1. The lowest BCUT2D eigenvalue weighted by molar-refractivity contribution is 0.254. The summed E-state index contributed by atoms with van der Waals surface area (Å²) < 4.78 is 0. The van der Waals surface area contributed by atoms with E-state index in [9.17, 15) is 0 Å². The normalized spacial score (nSPS) is 16.2. The molecular weight excluding hydrogens is 288 g/mol. The van der Waals surface area contributed by atoms with Crippen LogP contribution in [0.5, 0.6) is 0 Å². The molecule has 1 aliphatic rings. The van der Waals surface area contributed by atoms with Crippen LogP contribution in [-0.4, -0.2) is 10.9 Å². The summed E-state index contributed by atoms with van der Waals surface area (Å²) in [6.07, 6.45) is 6.40. The quantitative estimate of drug-likeness (QED) is 0.514. The number of pyridine rings is 1. The summed E-state index contributed by atoms with van der Waals surface area (Å²) in [4.78, 5) is 9.82. The van der Waals surface area contributed by atoms with Gasteiger partial charge >= 0.3 is 0 Å². The van der Waals surface area contributed by atoms with E-state index in [0.717, 1.165) is 30.5 Å². The van der Waals surface area contributed by atoms with Crippen LogP contribution >= 0.6 is 0 Å². The van der Waals surface area contributed by atoms with E-state index in [1.807, 2.05) is 29.2 Å². The van der Waals surface area contributed by atoms with Gasteiger partial charge in [-0.2, -0.15) is 5.26 Å². The second-order valence-corrected chi connectivity index (χ2v) is 5.60. The second-order valence-electron chi connectivity index (χ2n) is 5.60. The largest absolute Gasteiger partial charge is 0.384 e. The highest BCUT2D eigenvalue weighted by atomic mass is 15.3. The molecule has 116 valence electrons. The van der Waals surface area contributed by atoms with E-state index in [-0.39, 0.29) is 11.5 Å². The molecule has 0 amide bonds. The third-order valence-corrected chi connectivity index (χ3v) is 4.34. The van der Waals surface area contributed by atoms with Crippen molar-refractivity contribution in [1.29, 1.82) is 5.26 Å². The van der Waals surface area contributed by atoms with E-state index in [2.05, 4.69) is 22.1 Å². The number of nitrogens with two attached hydrogens (primary N) is 2. The topological polar surface area (TPSA) is 104 Å². The van der Waals surface area contributed by atoms with E-state index in [0.29, 0.717) is 5.82 Å². The Labute approximate surface area is 135 Å². The minimum absolute atomic E-state index is 0.169. The summed E-state index contributed by atoms with van der Waals surface area (Å²) in [6.45, 7) is 0. The molecule has 2 aromatic rings. The number of aliphatic imine (C=N–C) groups is 1. The lowest BCUT2D eigenvalue weighted by Gasteiger charge is -2.50. The molecule has 1 heterocycles. The Morgan fingerprint density at radius 1 is 1.22 bits per heavy atom. The molecule has 1 aromatic carbocycles. The maximum absolute atomic E-state index is 8.92. The molecule has 0 saturated heterocycles. The summed E-state index contributed by atoms with van der Waals surface area (Å²) in [6, 6.07) is 13.7. The molecule has 0 radical (unpaired) electrons. The van der Waals surface area contributed by atoms with E-state index >= 15 is 0 Å². The minimum atomic E-state index is -0.302. The second kappa shape index (κ2) is 5.97. The highest BCUT2D eigenvalue weighted by Gasteiger charge is 2.46. The molecule has 1 aromatic heterocycles. The standard InChI is InChI=1S/C17H18N6/c18-12-22-16(20)23(14-7-8-15(19)21-11-14)17(9-4-10-17)13-5-2-1-3-6-13/h1-3,5-8,11H,4,9-10H2,(H2,19,21)(H2,20,22). The van der Waals surface area contributed by atoms with Gasteiger partial charge in [-0.1, -0.05) is 30.3 Å². The molecule has 0 unspecified atom stereocenters. The summed E-state index contributed by atoms with van der Waals surface area (Å²) in [5.74, 6) is 0.606. The third-order valence-electron chi connectivity index (χ3n) is 4.34. The number of anilines is 2. The van der Waals surface area contributed by atoms with Crippen LogP contribution in [0, 0.1) is 11.5 Å². The van der Waals surface area contributed by atoms with E-state index < -0.39 is 0 Å². The van der Waals surface area contributed by atoms with E-state index in [1.54, 1.807) is 18.5 Å². The van der Waals surface area contributed by atoms with Gasteiger partial charge in [-0.15, -0.1) is 4.99 Å². The molecule has 3 rings (SSSR count). The van der Waals surface area contributed by atoms with Crippen molar-refractivity contribution in [3.8, 4) is 6.19 Å². The van der Waals surface area contributed by atoms with Crippen molar-refractivity contribution in [3.05, 3.63) is 54.2 Å². The Kier molecular flexibility index (Phi) is 3.85. The lowest BCUT2D eigenvalue weighted by Crippen LogP contribution is -2.56. The highest BCUT2D eigenvalue weighted by Crippen LogP contribution is 2.48. The number of rotatable bonds is 3. The van der Waals surface area contributed by atoms with Gasteiger partial charge in [0.25, 0.3) is 0 Å². The zero-order valence-electron chi connectivity index (χ0n) is 12.7. The van der Waals surface area contributed by atoms with Crippen LogP contribution in [0.3, 0.4) is 0 Å². The number of nitrogen functional groups attached to an aromatic ring is 1. The number of hydrogen-bond donors (Lipinski definition) is 2. The molecule has 1 fully saturated rings. The van der Waals surface area contributed by atoms with Gasteiger partial charge in [0.15, 0.2) is 0 Å². The average Bonchev–Trinajstić information content (AvgIpc) is 2.53. The van der Waals surface area contributed by atoms with Crippen LogP contribution in [0.1, 0.15) is 24.8 Å². The predicted octanol–water partition coefficient (Wildman–Crippen LogP) is 2.35. The Morgan fingerprint density at radius 3 is 2.48 bits per heavy atom. The van der Waals surface area contributed by atoms with Crippen LogP contribution in [0.15, 0.2) is 53.7 Å². The van der Waals surface area contributed by atoms with Crippen molar-refractivity contribution >= 4 is 17.5 Å². The van der Waals surface area contributed by atoms with Crippen LogP contribution in [0.25, 0.3) is 0 Å². The molecule has 0 atom stereocenters. The van der Waals surface area contributed by atoms with Gasteiger partial charge in [0, 0.05) is 0 Å². The predicted molar refractivity (Wildman–Crippen MR) is 90.3 cm³/mol. The van der Waals surface area contributed by atoms with Gasteiger partial charge in [-0.25, -0.2) is 4.98 Å². The number of hydrogen-bond acceptors (Lipinski definition) is 4. The summed E-state index contributed by atoms with van der Waals surface area (Å²) in [5.41, 5.74) is 13.4. The Balaban J connectivity index is 2.13. The Bertz CT molecular complexity index is 741. The molecule has 0 spiro atoms. The van der Waals surface area contributed by atoms with Crippen molar-refractivity contribution < 1.29 is 0 Å². The third kappa shape index (κ3) is 2.57. The lowest BCUT2D eigenvalue weighted by atomic mass is 9.70. The van der Waals surface area contributed by atoms with Gasteiger partial charge in [-0.05, 0) is 37.0 Å².